The molecule has 1 fully saturated rings. The van der Waals surface area contributed by atoms with E-state index in [1.165, 1.54) is 23.3 Å². The number of amides is 2. The molecule has 6 rings (SSSR count). The van der Waals surface area contributed by atoms with E-state index in [4.69, 9.17) is 4.98 Å². The fourth-order valence-electron chi connectivity index (χ4n) is 5.88. The summed E-state index contributed by atoms with van der Waals surface area (Å²) in [4.78, 5) is 34.3. The van der Waals surface area contributed by atoms with E-state index >= 15 is 0 Å². The largest absolute Gasteiger partial charge is 0.339 e. The van der Waals surface area contributed by atoms with Gasteiger partial charge in [-0.25, -0.2) is 9.37 Å². The summed E-state index contributed by atoms with van der Waals surface area (Å²) in [6.07, 6.45) is 2.05. The third-order valence-electron chi connectivity index (χ3n) is 8.11. The van der Waals surface area contributed by atoms with Crippen LogP contribution < -0.4 is 0 Å². The maximum atomic E-state index is 13.6. The Morgan fingerprint density at radius 3 is 2.64 bits per heavy atom. The molecule has 0 saturated carbocycles. The molecule has 3 aromatic carbocycles. The Hall–Kier alpha value is -4.31. The Balaban J connectivity index is 1.02. The van der Waals surface area contributed by atoms with Crippen LogP contribution >= 0.6 is 11.8 Å². The van der Waals surface area contributed by atoms with Crippen molar-refractivity contribution in [1.29, 1.82) is 0 Å². The smallest absolute Gasteiger partial charge is 0.254 e. The van der Waals surface area contributed by atoms with Crippen LogP contribution in [0.15, 0.2) is 78.0 Å². The molecule has 2 aromatic heterocycles. The van der Waals surface area contributed by atoms with Crippen molar-refractivity contribution in [3.05, 3.63) is 95.3 Å². The number of carbonyl (C=O) groups excluding carboxylic acids is 2. The van der Waals surface area contributed by atoms with Crippen molar-refractivity contribution in [3.63, 3.8) is 0 Å². The van der Waals surface area contributed by atoms with E-state index < -0.39 is 5.82 Å². The monoisotopic (exact) mass is 610 g/mol. The summed E-state index contributed by atoms with van der Waals surface area (Å²) in [6, 6.07) is 22.3. The van der Waals surface area contributed by atoms with Crippen LogP contribution in [0.5, 0.6) is 0 Å². The van der Waals surface area contributed by atoms with Crippen LogP contribution in [0.25, 0.3) is 22.1 Å². The first kappa shape index (κ1) is 29.7. The van der Waals surface area contributed by atoms with Gasteiger partial charge in [0.05, 0.1) is 5.52 Å². The maximum Gasteiger partial charge on any atom is 0.254 e. The highest BCUT2D eigenvalue weighted by molar-refractivity contribution is 7.99. The molecule has 1 saturated heterocycles. The fourth-order valence-corrected chi connectivity index (χ4v) is 6.66. The average Bonchev–Trinajstić information content (AvgIpc) is 3.33. The molecule has 3 heterocycles. The van der Waals surface area contributed by atoms with Crippen molar-refractivity contribution in [2.45, 2.75) is 50.9 Å². The lowest BCUT2D eigenvalue weighted by atomic mass is 10.1. The molecule has 2 amide bonds. The third kappa shape index (κ3) is 6.45. The Kier molecular flexibility index (Phi) is 8.88. The van der Waals surface area contributed by atoms with Gasteiger partial charge in [-0.05, 0) is 56.5 Å². The van der Waals surface area contributed by atoms with Gasteiger partial charge in [-0.15, -0.1) is 10.2 Å². The van der Waals surface area contributed by atoms with Gasteiger partial charge in [-0.1, -0.05) is 65.9 Å². The van der Waals surface area contributed by atoms with E-state index in [0.717, 1.165) is 40.7 Å². The molecule has 0 spiro atoms. The molecule has 0 aliphatic carbocycles. The first-order valence-electron chi connectivity index (χ1n) is 15.0. The number of aryl methyl sites for hydroxylation is 1. The van der Waals surface area contributed by atoms with E-state index in [0.29, 0.717) is 43.3 Å². The lowest BCUT2D eigenvalue weighted by Crippen LogP contribution is -2.55. The number of fused-ring (bicyclic) bond motifs is 3. The van der Waals surface area contributed by atoms with Crippen LogP contribution in [0.1, 0.15) is 47.7 Å². The molecule has 226 valence electrons. The van der Waals surface area contributed by atoms with Gasteiger partial charge >= 0.3 is 0 Å². The first-order chi connectivity index (χ1) is 21.4. The predicted molar refractivity (Wildman–Crippen MR) is 171 cm³/mol. The number of nitrogens with zero attached hydrogens (tertiary/aromatic N) is 6. The lowest BCUT2D eigenvalue weighted by molar-refractivity contribution is -0.133. The number of halogens is 1. The van der Waals surface area contributed by atoms with Crippen molar-refractivity contribution in [2.75, 3.05) is 25.4 Å². The zero-order valence-electron chi connectivity index (χ0n) is 24.9. The minimum atomic E-state index is -0.430. The predicted octanol–water partition coefficient (Wildman–Crippen LogP) is 6.11. The van der Waals surface area contributed by atoms with Gasteiger partial charge in [0.25, 0.3) is 5.91 Å². The Morgan fingerprint density at radius 1 is 0.977 bits per heavy atom. The van der Waals surface area contributed by atoms with Crippen LogP contribution in [0.2, 0.25) is 0 Å². The summed E-state index contributed by atoms with van der Waals surface area (Å²) < 4.78 is 15.8. The number of aromatic nitrogens is 4. The lowest BCUT2D eigenvalue weighted by Gasteiger charge is -2.40. The molecule has 1 aliphatic heterocycles. The Bertz CT molecular complexity index is 1820. The maximum absolute atomic E-state index is 13.6. The number of rotatable bonds is 9. The summed E-state index contributed by atoms with van der Waals surface area (Å²) in [5, 5.41) is 10.6. The van der Waals surface area contributed by atoms with E-state index in [1.807, 2.05) is 24.0 Å². The van der Waals surface area contributed by atoms with Crippen molar-refractivity contribution in [3.8, 4) is 0 Å². The molecule has 0 radical (unpaired) electrons. The van der Waals surface area contributed by atoms with Gasteiger partial charge in [-0.3, -0.25) is 9.59 Å². The zero-order valence-corrected chi connectivity index (χ0v) is 25.8. The van der Waals surface area contributed by atoms with Gasteiger partial charge in [0.15, 0.2) is 5.65 Å². The molecule has 1 atom stereocenters. The van der Waals surface area contributed by atoms with Crippen LogP contribution in [-0.4, -0.2) is 72.8 Å². The molecule has 1 aliphatic rings. The number of hydrogen-bond donors (Lipinski definition) is 0. The van der Waals surface area contributed by atoms with Gasteiger partial charge in [-0.2, -0.15) is 0 Å². The number of para-hydroxylation sites is 1. The Labute approximate surface area is 260 Å². The summed E-state index contributed by atoms with van der Waals surface area (Å²) in [5.41, 5.74) is 5.47. The molecular weight excluding hydrogens is 575 g/mol. The minimum Gasteiger partial charge on any atom is -0.339 e. The summed E-state index contributed by atoms with van der Waals surface area (Å²) in [6.45, 7) is 6.12. The second-order valence-electron chi connectivity index (χ2n) is 11.4. The molecule has 5 aromatic rings. The number of hydrogen-bond acceptors (Lipinski definition) is 6. The van der Waals surface area contributed by atoms with E-state index in [1.54, 1.807) is 28.8 Å². The van der Waals surface area contributed by atoms with Gasteiger partial charge in [0.1, 0.15) is 11.3 Å². The van der Waals surface area contributed by atoms with E-state index in [2.05, 4.69) is 58.1 Å². The van der Waals surface area contributed by atoms with Crippen LogP contribution in [0, 0.1) is 12.7 Å². The standard InChI is InChI=1S/C34H35FN6O2S/c1-23-9-7-10-25(19-23)22-41-29-14-4-3-13-28(29)31-32(41)36-34(38-37-31)44-18-6-5-15-30(42)39-16-17-40(24(2)21-39)33(43)26-11-8-12-27(35)20-26/h3-4,7-14,19-20,24H,5-6,15-18,21-22H2,1-2H3. The van der Waals surface area contributed by atoms with Crippen molar-refractivity contribution < 1.29 is 14.0 Å². The molecule has 0 N–H and O–H groups in total. The normalized spacial score (nSPS) is 15.3. The fraction of sp³-hybridized carbons (Fsp3) is 0.324. The quantitative estimate of drug-likeness (QED) is 0.148. The summed E-state index contributed by atoms with van der Waals surface area (Å²) in [7, 11) is 0. The van der Waals surface area contributed by atoms with Crippen molar-refractivity contribution in [1.82, 2.24) is 29.5 Å². The number of unbranched alkanes of at least 4 members (excludes halogenated alkanes) is 1. The van der Waals surface area contributed by atoms with Gasteiger partial charge < -0.3 is 14.4 Å². The Morgan fingerprint density at radius 2 is 1.82 bits per heavy atom. The van der Waals surface area contributed by atoms with E-state index in [-0.39, 0.29) is 17.9 Å². The molecule has 0 bridgehead atoms. The van der Waals surface area contributed by atoms with Crippen molar-refractivity contribution >= 4 is 45.6 Å². The summed E-state index contributed by atoms with van der Waals surface area (Å²) >= 11 is 1.56. The number of carbonyl (C=O) groups is 2. The van der Waals surface area contributed by atoms with Crippen LogP contribution in [-0.2, 0) is 11.3 Å². The number of piperazine rings is 1. The van der Waals surface area contributed by atoms with Crippen LogP contribution in [0.4, 0.5) is 4.39 Å². The SMILES string of the molecule is Cc1cccc(Cn2c3ccccc3c3nnc(SCCCCC(=O)N4CCN(C(=O)c5cccc(F)c5)C(C)C4)nc32)c1. The minimum absolute atomic E-state index is 0.0970. The number of thioether (sulfide) groups is 1. The van der Waals surface area contributed by atoms with Crippen molar-refractivity contribution in [2.24, 2.45) is 0 Å². The molecule has 44 heavy (non-hydrogen) atoms. The summed E-state index contributed by atoms with van der Waals surface area (Å²) in [5.74, 6) is 0.247. The van der Waals surface area contributed by atoms with Crippen LogP contribution in [0.3, 0.4) is 0 Å². The molecular formula is C34H35FN6O2S. The second kappa shape index (κ2) is 13.1. The highest BCUT2D eigenvalue weighted by atomic mass is 32.2. The highest BCUT2D eigenvalue weighted by Crippen LogP contribution is 2.28. The third-order valence-corrected chi connectivity index (χ3v) is 9.03. The molecule has 1 unspecified atom stereocenters. The second-order valence-corrected chi connectivity index (χ2v) is 12.4. The van der Waals surface area contributed by atoms with E-state index in [9.17, 15) is 14.0 Å². The highest BCUT2D eigenvalue weighted by Gasteiger charge is 2.30. The topological polar surface area (TPSA) is 84.2 Å². The number of benzene rings is 3. The first-order valence-corrected chi connectivity index (χ1v) is 16.0. The average molecular weight is 611 g/mol. The van der Waals surface area contributed by atoms with Gasteiger partial charge in [0.2, 0.25) is 11.1 Å². The zero-order chi connectivity index (χ0) is 30.6. The molecule has 10 heteroatoms. The molecule has 8 nitrogen and oxygen atoms in total. The van der Waals surface area contributed by atoms with Gasteiger partial charge in [0, 0.05) is 55.3 Å².